The third-order valence-corrected chi connectivity index (χ3v) is 2.95. The molecule has 1 aliphatic rings. The summed E-state index contributed by atoms with van der Waals surface area (Å²) < 4.78 is 0. The van der Waals surface area contributed by atoms with E-state index in [1.54, 1.807) is 5.57 Å². The molecule has 0 fully saturated rings. The van der Waals surface area contributed by atoms with Crippen molar-refractivity contribution in [3.63, 3.8) is 0 Å². The van der Waals surface area contributed by atoms with Crippen LogP contribution in [0.15, 0.2) is 42.0 Å². The highest BCUT2D eigenvalue weighted by Gasteiger charge is 2.12. The molecule has 0 spiro atoms. The first-order valence-electron chi connectivity index (χ1n) is 5.32. The van der Waals surface area contributed by atoms with E-state index >= 15 is 0 Å². The maximum atomic E-state index is 3.34. The summed E-state index contributed by atoms with van der Waals surface area (Å²) in [4.78, 5) is 0. The van der Waals surface area contributed by atoms with E-state index in [-0.39, 0.29) is 0 Å². The first-order valence-corrected chi connectivity index (χ1v) is 5.32. The highest BCUT2D eigenvalue weighted by Crippen LogP contribution is 2.26. The van der Waals surface area contributed by atoms with Gasteiger partial charge in [0, 0.05) is 12.5 Å². The van der Waals surface area contributed by atoms with Crippen molar-refractivity contribution in [3.8, 4) is 0 Å². The van der Waals surface area contributed by atoms with Crippen molar-refractivity contribution < 1.29 is 0 Å². The van der Waals surface area contributed by atoms with Crippen LogP contribution in [-0.4, -0.2) is 13.1 Å². The van der Waals surface area contributed by atoms with Gasteiger partial charge in [-0.05, 0) is 18.5 Å². The van der Waals surface area contributed by atoms with Gasteiger partial charge in [0.25, 0.3) is 0 Å². The van der Waals surface area contributed by atoms with Gasteiger partial charge in [0.1, 0.15) is 0 Å². The number of rotatable bonds is 2. The Morgan fingerprint density at radius 1 is 1.21 bits per heavy atom. The average Bonchev–Trinajstić information content (AvgIpc) is 2.30. The molecule has 0 aromatic heterocycles. The van der Waals surface area contributed by atoms with Gasteiger partial charge >= 0.3 is 0 Å². The Morgan fingerprint density at radius 2 is 2.00 bits per heavy atom. The van der Waals surface area contributed by atoms with Crippen LogP contribution >= 0.6 is 0 Å². The minimum Gasteiger partial charge on any atom is -0.313 e. The molecule has 0 radical (unpaired) electrons. The standard InChI is InChI=1S/C13H17N/c1-11(12-5-3-2-4-6-12)13-7-9-14-10-8-13/h2-7,11,14H,8-10H2,1H3. The van der Waals surface area contributed by atoms with E-state index in [1.807, 2.05) is 0 Å². The molecular weight excluding hydrogens is 170 g/mol. The van der Waals surface area contributed by atoms with Crippen molar-refractivity contribution in [1.82, 2.24) is 5.32 Å². The summed E-state index contributed by atoms with van der Waals surface area (Å²) in [6, 6.07) is 10.7. The van der Waals surface area contributed by atoms with Crippen LogP contribution in [0.3, 0.4) is 0 Å². The summed E-state index contributed by atoms with van der Waals surface area (Å²) >= 11 is 0. The summed E-state index contributed by atoms with van der Waals surface area (Å²) in [6.07, 6.45) is 3.53. The second kappa shape index (κ2) is 4.43. The van der Waals surface area contributed by atoms with Gasteiger partial charge in [-0.25, -0.2) is 0 Å². The predicted molar refractivity (Wildman–Crippen MR) is 60.4 cm³/mol. The Kier molecular flexibility index (Phi) is 3.00. The Hall–Kier alpha value is -1.08. The van der Waals surface area contributed by atoms with Crippen LogP contribution < -0.4 is 5.32 Å². The zero-order valence-electron chi connectivity index (χ0n) is 8.66. The summed E-state index contributed by atoms with van der Waals surface area (Å²) in [6.45, 7) is 4.46. The molecule has 0 aliphatic carbocycles. The lowest BCUT2D eigenvalue weighted by Crippen LogP contribution is -2.22. The molecule has 2 rings (SSSR count). The van der Waals surface area contributed by atoms with Crippen LogP contribution in [0.2, 0.25) is 0 Å². The molecule has 1 heteroatoms. The smallest absolute Gasteiger partial charge is 0.0137 e. The molecule has 1 aromatic carbocycles. The van der Waals surface area contributed by atoms with E-state index in [4.69, 9.17) is 0 Å². The molecule has 1 heterocycles. The predicted octanol–water partition coefficient (Wildman–Crippen LogP) is 2.71. The van der Waals surface area contributed by atoms with Gasteiger partial charge in [-0.1, -0.05) is 48.9 Å². The number of benzene rings is 1. The van der Waals surface area contributed by atoms with Crippen LogP contribution in [0.4, 0.5) is 0 Å². The van der Waals surface area contributed by atoms with Crippen molar-refractivity contribution in [1.29, 1.82) is 0 Å². The minimum absolute atomic E-state index is 0.582. The van der Waals surface area contributed by atoms with Crippen LogP contribution in [0.5, 0.6) is 0 Å². The largest absolute Gasteiger partial charge is 0.313 e. The third kappa shape index (κ3) is 2.05. The van der Waals surface area contributed by atoms with Crippen molar-refractivity contribution in [2.45, 2.75) is 19.3 Å². The molecule has 1 N–H and O–H groups in total. The van der Waals surface area contributed by atoms with Crippen LogP contribution in [0.25, 0.3) is 0 Å². The maximum Gasteiger partial charge on any atom is 0.0137 e. The minimum atomic E-state index is 0.582. The summed E-state index contributed by atoms with van der Waals surface area (Å²) in [5.41, 5.74) is 3.01. The first-order chi connectivity index (χ1) is 6.88. The molecule has 1 atom stereocenters. The van der Waals surface area contributed by atoms with Crippen LogP contribution in [0.1, 0.15) is 24.8 Å². The van der Waals surface area contributed by atoms with Gasteiger partial charge in [0.05, 0.1) is 0 Å². The highest BCUT2D eigenvalue weighted by atomic mass is 14.8. The van der Waals surface area contributed by atoms with E-state index < -0.39 is 0 Å². The Bertz CT molecular complexity index is 313. The van der Waals surface area contributed by atoms with E-state index in [2.05, 4.69) is 48.6 Å². The van der Waals surface area contributed by atoms with Gasteiger partial charge in [0.2, 0.25) is 0 Å². The van der Waals surface area contributed by atoms with Gasteiger partial charge in [-0.15, -0.1) is 0 Å². The molecule has 0 saturated carbocycles. The van der Waals surface area contributed by atoms with Crippen molar-refractivity contribution in [2.75, 3.05) is 13.1 Å². The molecule has 0 bridgehead atoms. The van der Waals surface area contributed by atoms with Gasteiger partial charge in [0.15, 0.2) is 0 Å². The summed E-state index contributed by atoms with van der Waals surface area (Å²) in [5.74, 6) is 0.582. The van der Waals surface area contributed by atoms with Gasteiger partial charge in [-0.2, -0.15) is 0 Å². The molecule has 1 aromatic rings. The lowest BCUT2D eigenvalue weighted by molar-refractivity contribution is 0.663. The monoisotopic (exact) mass is 187 g/mol. The highest BCUT2D eigenvalue weighted by molar-refractivity contribution is 5.28. The quantitative estimate of drug-likeness (QED) is 0.702. The molecule has 0 saturated heterocycles. The maximum absolute atomic E-state index is 3.34. The average molecular weight is 187 g/mol. The molecular formula is C13H17N. The lowest BCUT2D eigenvalue weighted by atomic mass is 9.89. The second-order valence-corrected chi connectivity index (χ2v) is 3.87. The Morgan fingerprint density at radius 3 is 2.64 bits per heavy atom. The normalized spacial score (nSPS) is 18.8. The van der Waals surface area contributed by atoms with E-state index in [9.17, 15) is 0 Å². The van der Waals surface area contributed by atoms with Crippen molar-refractivity contribution in [3.05, 3.63) is 47.5 Å². The van der Waals surface area contributed by atoms with Crippen LogP contribution in [0, 0.1) is 0 Å². The molecule has 0 amide bonds. The van der Waals surface area contributed by atoms with Crippen molar-refractivity contribution in [2.24, 2.45) is 0 Å². The van der Waals surface area contributed by atoms with Crippen molar-refractivity contribution >= 4 is 0 Å². The fourth-order valence-electron chi connectivity index (χ4n) is 1.99. The summed E-state index contributed by atoms with van der Waals surface area (Å²) in [7, 11) is 0. The SMILES string of the molecule is CC(C1=CCNCC1)c1ccccc1. The number of hydrogen-bond acceptors (Lipinski definition) is 1. The molecule has 74 valence electrons. The third-order valence-electron chi connectivity index (χ3n) is 2.95. The van der Waals surface area contributed by atoms with E-state index in [1.165, 1.54) is 12.0 Å². The fourth-order valence-corrected chi connectivity index (χ4v) is 1.99. The summed E-state index contributed by atoms with van der Waals surface area (Å²) in [5, 5.41) is 3.34. The number of hydrogen-bond donors (Lipinski definition) is 1. The fraction of sp³-hybridized carbons (Fsp3) is 0.385. The van der Waals surface area contributed by atoms with E-state index in [0.717, 1.165) is 13.1 Å². The zero-order chi connectivity index (χ0) is 9.80. The van der Waals surface area contributed by atoms with E-state index in [0.29, 0.717) is 5.92 Å². The Balaban J connectivity index is 2.15. The Labute approximate surface area is 85.8 Å². The zero-order valence-corrected chi connectivity index (χ0v) is 8.66. The van der Waals surface area contributed by atoms with Gasteiger partial charge in [-0.3, -0.25) is 0 Å². The topological polar surface area (TPSA) is 12.0 Å². The second-order valence-electron chi connectivity index (χ2n) is 3.87. The number of nitrogens with one attached hydrogen (secondary N) is 1. The molecule has 14 heavy (non-hydrogen) atoms. The lowest BCUT2D eigenvalue weighted by Gasteiger charge is -2.20. The van der Waals surface area contributed by atoms with Crippen LogP contribution in [-0.2, 0) is 0 Å². The first kappa shape index (κ1) is 9.47. The van der Waals surface area contributed by atoms with Gasteiger partial charge < -0.3 is 5.32 Å². The molecule has 1 unspecified atom stereocenters. The molecule has 1 nitrogen and oxygen atoms in total. The molecule has 1 aliphatic heterocycles.